The van der Waals surface area contributed by atoms with Crippen molar-refractivity contribution in [1.82, 2.24) is 14.8 Å². The van der Waals surface area contributed by atoms with E-state index in [0.717, 1.165) is 23.6 Å². The predicted molar refractivity (Wildman–Crippen MR) is 71.5 cm³/mol. The normalized spacial score (nSPS) is 10.7. The first-order chi connectivity index (χ1) is 8.84. The Morgan fingerprint density at radius 1 is 1.06 bits per heavy atom. The largest absolute Gasteiger partial charge is 0.366 e. The lowest BCUT2D eigenvalue weighted by molar-refractivity contribution is 0.846. The molecule has 1 N–H and O–H groups in total. The van der Waals surface area contributed by atoms with Gasteiger partial charge in [0.1, 0.15) is 5.82 Å². The van der Waals surface area contributed by atoms with Crippen LogP contribution in [-0.4, -0.2) is 14.8 Å². The summed E-state index contributed by atoms with van der Waals surface area (Å²) in [4.78, 5) is 0. The molecule has 0 spiro atoms. The third kappa shape index (κ3) is 1.93. The van der Waals surface area contributed by atoms with E-state index in [4.69, 9.17) is 0 Å². The van der Waals surface area contributed by atoms with E-state index in [9.17, 15) is 0 Å². The molecule has 18 heavy (non-hydrogen) atoms. The van der Waals surface area contributed by atoms with Crippen molar-refractivity contribution in [3.8, 4) is 0 Å². The zero-order valence-electron chi connectivity index (χ0n) is 10.2. The van der Waals surface area contributed by atoms with Gasteiger partial charge in [-0.2, -0.15) is 4.52 Å². The van der Waals surface area contributed by atoms with Crippen molar-refractivity contribution in [2.75, 3.05) is 5.32 Å². The van der Waals surface area contributed by atoms with Gasteiger partial charge in [-0.3, -0.25) is 0 Å². The van der Waals surface area contributed by atoms with Gasteiger partial charge in [0.15, 0.2) is 0 Å². The molecule has 0 amide bonds. The summed E-state index contributed by atoms with van der Waals surface area (Å²) in [5.41, 5.74) is 3.22. The summed E-state index contributed by atoms with van der Waals surface area (Å²) in [5.74, 6) is 0.956. The number of nitrogens with zero attached hydrogens (tertiary/aromatic N) is 3. The summed E-state index contributed by atoms with van der Waals surface area (Å²) < 4.78 is 1.83. The lowest BCUT2D eigenvalue weighted by atomic mass is 10.2. The summed E-state index contributed by atoms with van der Waals surface area (Å²) in [6.45, 7) is 2.74. The van der Waals surface area contributed by atoms with Gasteiger partial charge in [-0.25, -0.2) is 0 Å². The number of nitrogens with one attached hydrogen (secondary N) is 1. The topological polar surface area (TPSA) is 42.2 Å². The number of aryl methyl sites for hydroxylation is 1. The number of fused-ring (bicyclic) bond motifs is 1. The summed E-state index contributed by atoms with van der Waals surface area (Å²) >= 11 is 0. The number of pyridine rings is 1. The van der Waals surface area contributed by atoms with E-state index in [1.165, 1.54) is 5.56 Å². The van der Waals surface area contributed by atoms with Crippen molar-refractivity contribution in [2.24, 2.45) is 0 Å². The molecule has 4 heteroatoms. The molecular formula is C14H14N4. The fourth-order valence-corrected chi connectivity index (χ4v) is 1.96. The van der Waals surface area contributed by atoms with E-state index in [1.54, 1.807) is 0 Å². The minimum absolute atomic E-state index is 0.777. The van der Waals surface area contributed by atoms with Gasteiger partial charge in [0.25, 0.3) is 0 Å². The second kappa shape index (κ2) is 4.49. The molecule has 0 aliphatic heterocycles. The minimum Gasteiger partial charge on any atom is -0.366 e. The summed E-state index contributed by atoms with van der Waals surface area (Å²) in [6, 6.07) is 16.3. The maximum atomic E-state index is 4.13. The molecule has 1 aromatic carbocycles. The Bertz CT molecular complexity index is 658. The number of hydrogen-bond acceptors (Lipinski definition) is 3. The van der Waals surface area contributed by atoms with Crippen molar-refractivity contribution in [1.29, 1.82) is 0 Å². The summed E-state index contributed by atoms with van der Waals surface area (Å²) in [5, 5.41) is 11.6. The van der Waals surface area contributed by atoms with Crippen LogP contribution in [0.15, 0.2) is 48.5 Å². The average Bonchev–Trinajstić information content (AvgIpc) is 2.80. The van der Waals surface area contributed by atoms with Crippen LogP contribution in [0.2, 0.25) is 0 Å². The Hall–Kier alpha value is -2.36. The molecule has 4 nitrogen and oxygen atoms in total. The zero-order valence-corrected chi connectivity index (χ0v) is 10.2. The van der Waals surface area contributed by atoms with Crippen LogP contribution < -0.4 is 5.32 Å². The van der Waals surface area contributed by atoms with Gasteiger partial charge < -0.3 is 5.32 Å². The number of anilines is 1. The minimum atomic E-state index is 0.777. The molecule has 0 aliphatic rings. The third-order valence-electron chi connectivity index (χ3n) is 2.94. The Labute approximate surface area is 105 Å². The lowest BCUT2D eigenvalue weighted by Crippen LogP contribution is -2.04. The molecule has 2 aromatic heterocycles. The number of aromatic nitrogens is 3. The maximum Gasteiger partial charge on any atom is 0.130 e. The molecule has 3 rings (SSSR count). The highest BCUT2D eigenvalue weighted by molar-refractivity contribution is 5.56. The molecule has 0 fully saturated rings. The molecular weight excluding hydrogens is 224 g/mol. The Kier molecular flexibility index (Phi) is 2.68. The quantitative estimate of drug-likeness (QED) is 0.762. The summed E-state index contributed by atoms with van der Waals surface area (Å²) in [7, 11) is 0. The smallest absolute Gasteiger partial charge is 0.130 e. The van der Waals surface area contributed by atoms with E-state index in [2.05, 4.69) is 27.8 Å². The molecule has 0 aliphatic carbocycles. The van der Waals surface area contributed by atoms with E-state index >= 15 is 0 Å². The van der Waals surface area contributed by atoms with Crippen LogP contribution in [0.1, 0.15) is 11.3 Å². The molecule has 0 atom stereocenters. The number of rotatable bonds is 3. The zero-order chi connectivity index (χ0) is 12.4. The van der Waals surface area contributed by atoms with Crippen molar-refractivity contribution in [2.45, 2.75) is 13.5 Å². The first kappa shape index (κ1) is 10.8. The number of benzene rings is 1. The van der Waals surface area contributed by atoms with Gasteiger partial charge in [0.2, 0.25) is 0 Å². The van der Waals surface area contributed by atoms with Gasteiger partial charge in [-0.1, -0.05) is 41.6 Å². The van der Waals surface area contributed by atoms with Crippen molar-refractivity contribution >= 4 is 11.3 Å². The van der Waals surface area contributed by atoms with Gasteiger partial charge >= 0.3 is 0 Å². The highest BCUT2D eigenvalue weighted by Crippen LogP contribution is 2.14. The van der Waals surface area contributed by atoms with Gasteiger partial charge in [0, 0.05) is 6.54 Å². The van der Waals surface area contributed by atoms with Gasteiger partial charge in [0.05, 0.1) is 11.2 Å². The first-order valence-electron chi connectivity index (χ1n) is 5.93. The molecule has 90 valence electrons. The van der Waals surface area contributed by atoms with E-state index < -0.39 is 0 Å². The van der Waals surface area contributed by atoms with Crippen molar-refractivity contribution < 1.29 is 0 Å². The number of hydrogen-bond donors (Lipinski definition) is 1. The fraction of sp³-hybridized carbons (Fsp3) is 0.143. The van der Waals surface area contributed by atoms with Crippen molar-refractivity contribution in [3.63, 3.8) is 0 Å². The van der Waals surface area contributed by atoms with Crippen LogP contribution >= 0.6 is 0 Å². The van der Waals surface area contributed by atoms with Crippen molar-refractivity contribution in [3.05, 3.63) is 59.8 Å². The van der Waals surface area contributed by atoms with Crippen LogP contribution in [0.25, 0.3) is 5.52 Å². The van der Waals surface area contributed by atoms with Crippen LogP contribution in [-0.2, 0) is 6.54 Å². The molecule has 0 radical (unpaired) electrons. The Morgan fingerprint density at radius 2 is 1.89 bits per heavy atom. The molecule has 0 unspecified atom stereocenters. The fourth-order valence-electron chi connectivity index (χ4n) is 1.96. The monoisotopic (exact) mass is 238 g/mol. The SMILES string of the molecule is Cc1nnn2c(NCc3ccccc3)cccc12. The molecule has 3 aromatic rings. The van der Waals surface area contributed by atoms with E-state index in [-0.39, 0.29) is 0 Å². The predicted octanol–water partition coefficient (Wildman–Crippen LogP) is 2.65. The van der Waals surface area contributed by atoms with Crippen LogP contribution in [0.5, 0.6) is 0 Å². The van der Waals surface area contributed by atoms with E-state index in [1.807, 2.05) is 47.8 Å². The Balaban J connectivity index is 1.87. The standard InChI is InChI=1S/C14H14N4/c1-11-13-8-5-9-14(18(13)17-16-11)15-10-12-6-3-2-4-7-12/h2-9,15H,10H2,1H3. The lowest BCUT2D eigenvalue weighted by Gasteiger charge is -2.07. The second-order valence-corrected chi connectivity index (χ2v) is 4.22. The highest BCUT2D eigenvalue weighted by Gasteiger charge is 2.04. The van der Waals surface area contributed by atoms with Crippen LogP contribution in [0.3, 0.4) is 0 Å². The Morgan fingerprint density at radius 3 is 2.72 bits per heavy atom. The molecule has 0 saturated carbocycles. The van der Waals surface area contributed by atoms with Gasteiger partial charge in [-0.15, -0.1) is 5.10 Å². The molecule has 0 saturated heterocycles. The third-order valence-corrected chi connectivity index (χ3v) is 2.94. The van der Waals surface area contributed by atoms with Crippen LogP contribution in [0, 0.1) is 6.92 Å². The highest BCUT2D eigenvalue weighted by atomic mass is 15.4. The maximum absolute atomic E-state index is 4.13. The first-order valence-corrected chi connectivity index (χ1v) is 5.93. The summed E-state index contributed by atoms with van der Waals surface area (Å²) in [6.07, 6.45) is 0. The molecule has 2 heterocycles. The van der Waals surface area contributed by atoms with Crippen LogP contribution in [0.4, 0.5) is 5.82 Å². The average molecular weight is 238 g/mol. The van der Waals surface area contributed by atoms with Gasteiger partial charge in [-0.05, 0) is 24.6 Å². The van der Waals surface area contributed by atoms with E-state index in [0.29, 0.717) is 0 Å². The second-order valence-electron chi connectivity index (χ2n) is 4.22. The molecule has 0 bridgehead atoms.